The van der Waals surface area contributed by atoms with Gasteiger partial charge in [-0.25, -0.2) is 4.79 Å². The third kappa shape index (κ3) is 3.26. The summed E-state index contributed by atoms with van der Waals surface area (Å²) in [6, 6.07) is 5.86. The minimum atomic E-state index is -1.23. The molecule has 1 heterocycles. The lowest BCUT2D eigenvalue weighted by Crippen LogP contribution is -2.16. The average Bonchev–Trinajstić information content (AvgIpc) is 2.37. The summed E-state index contributed by atoms with van der Waals surface area (Å²) < 4.78 is 0. The zero-order valence-corrected chi connectivity index (χ0v) is 11.4. The van der Waals surface area contributed by atoms with Crippen LogP contribution in [0.1, 0.15) is 20.7 Å². The first-order chi connectivity index (χ1) is 9.47. The summed E-state index contributed by atoms with van der Waals surface area (Å²) in [6.07, 6.45) is 2.45. The van der Waals surface area contributed by atoms with E-state index in [0.717, 1.165) is 6.20 Å². The maximum absolute atomic E-state index is 12.1. The number of aromatic carboxylic acids is 1. The van der Waals surface area contributed by atoms with Gasteiger partial charge in [-0.1, -0.05) is 23.2 Å². The predicted octanol–water partition coefficient (Wildman–Crippen LogP) is 3.34. The zero-order valence-electron chi connectivity index (χ0n) is 9.93. The van der Waals surface area contributed by atoms with Crippen molar-refractivity contribution in [3.05, 3.63) is 57.8 Å². The van der Waals surface area contributed by atoms with Crippen LogP contribution in [-0.4, -0.2) is 22.0 Å². The van der Waals surface area contributed by atoms with Gasteiger partial charge in [0.2, 0.25) is 0 Å². The van der Waals surface area contributed by atoms with Crippen molar-refractivity contribution in [2.75, 3.05) is 5.32 Å². The number of carbonyl (C=O) groups is 2. The molecule has 20 heavy (non-hydrogen) atoms. The lowest BCUT2D eigenvalue weighted by molar-refractivity contribution is 0.0692. The van der Waals surface area contributed by atoms with E-state index >= 15 is 0 Å². The molecule has 0 saturated carbocycles. The Bertz CT molecular complexity index is 669. The number of carboxylic acids is 1. The number of carboxylic acid groups (broad SMARTS) is 1. The first-order valence-electron chi connectivity index (χ1n) is 5.42. The molecule has 1 amide bonds. The summed E-state index contributed by atoms with van der Waals surface area (Å²) in [5.74, 6) is -1.81. The largest absolute Gasteiger partial charge is 0.478 e. The van der Waals surface area contributed by atoms with Crippen molar-refractivity contribution in [3.8, 4) is 0 Å². The van der Waals surface area contributed by atoms with Crippen LogP contribution in [0.2, 0.25) is 10.0 Å². The van der Waals surface area contributed by atoms with Gasteiger partial charge in [-0.05, 0) is 24.3 Å². The van der Waals surface area contributed by atoms with Crippen LogP contribution < -0.4 is 5.32 Å². The Balaban J connectivity index is 2.31. The number of nitrogens with zero attached hydrogens (tertiary/aromatic N) is 1. The van der Waals surface area contributed by atoms with Gasteiger partial charge in [-0.15, -0.1) is 0 Å². The van der Waals surface area contributed by atoms with E-state index < -0.39 is 11.9 Å². The van der Waals surface area contributed by atoms with Gasteiger partial charge in [0.1, 0.15) is 0 Å². The first-order valence-corrected chi connectivity index (χ1v) is 6.17. The number of anilines is 1. The highest BCUT2D eigenvalue weighted by Crippen LogP contribution is 2.23. The van der Waals surface area contributed by atoms with E-state index in [2.05, 4.69) is 10.3 Å². The first kappa shape index (κ1) is 14.3. The number of carbonyl (C=O) groups excluding carboxylic acids is 1. The van der Waals surface area contributed by atoms with Crippen LogP contribution in [0.4, 0.5) is 5.69 Å². The number of pyridine rings is 1. The molecule has 0 unspecified atom stereocenters. The van der Waals surface area contributed by atoms with E-state index in [-0.39, 0.29) is 11.1 Å². The molecule has 2 rings (SSSR count). The third-order valence-corrected chi connectivity index (χ3v) is 2.85. The van der Waals surface area contributed by atoms with Gasteiger partial charge >= 0.3 is 5.97 Å². The zero-order chi connectivity index (χ0) is 14.7. The van der Waals surface area contributed by atoms with Crippen molar-refractivity contribution in [3.63, 3.8) is 0 Å². The molecule has 2 N–H and O–H groups in total. The van der Waals surface area contributed by atoms with E-state index in [4.69, 9.17) is 28.3 Å². The highest BCUT2D eigenvalue weighted by Gasteiger charge is 2.16. The molecule has 1 aromatic heterocycles. The third-order valence-electron chi connectivity index (χ3n) is 2.42. The Hall–Kier alpha value is -2.11. The molecule has 102 valence electrons. The molecule has 0 aliphatic carbocycles. The molecule has 5 nitrogen and oxygen atoms in total. The minimum absolute atomic E-state index is 0.00333. The molecule has 0 aliphatic rings. The Morgan fingerprint density at radius 3 is 2.35 bits per heavy atom. The maximum atomic E-state index is 12.1. The molecular formula is C13H8Cl2N2O3. The Labute approximate surface area is 124 Å². The van der Waals surface area contributed by atoms with Crippen molar-refractivity contribution >= 4 is 40.8 Å². The summed E-state index contributed by atoms with van der Waals surface area (Å²) in [6.45, 7) is 0. The molecule has 0 fully saturated rings. The highest BCUT2D eigenvalue weighted by atomic mass is 35.5. The van der Waals surface area contributed by atoms with E-state index in [0.29, 0.717) is 15.7 Å². The molecule has 1 aromatic carbocycles. The van der Waals surface area contributed by atoms with Gasteiger partial charge in [0.25, 0.3) is 5.91 Å². The van der Waals surface area contributed by atoms with Crippen LogP contribution >= 0.6 is 23.2 Å². The Morgan fingerprint density at radius 2 is 1.75 bits per heavy atom. The fraction of sp³-hybridized carbons (Fsp3) is 0. The van der Waals surface area contributed by atoms with Crippen molar-refractivity contribution in [1.29, 1.82) is 0 Å². The number of rotatable bonds is 3. The van der Waals surface area contributed by atoms with Crippen molar-refractivity contribution in [2.45, 2.75) is 0 Å². The van der Waals surface area contributed by atoms with Crippen molar-refractivity contribution in [1.82, 2.24) is 4.98 Å². The van der Waals surface area contributed by atoms with E-state index in [1.165, 1.54) is 30.5 Å². The lowest BCUT2D eigenvalue weighted by Gasteiger charge is -2.08. The number of amides is 1. The molecule has 0 spiro atoms. The molecular weight excluding hydrogens is 303 g/mol. The van der Waals surface area contributed by atoms with Gasteiger partial charge < -0.3 is 10.4 Å². The van der Waals surface area contributed by atoms with Gasteiger partial charge in [-0.3, -0.25) is 9.78 Å². The van der Waals surface area contributed by atoms with Crippen LogP contribution in [0.25, 0.3) is 0 Å². The second-order valence-electron chi connectivity index (χ2n) is 3.84. The molecule has 7 heteroatoms. The number of nitrogens with one attached hydrogen (secondary N) is 1. The number of benzene rings is 1. The average molecular weight is 311 g/mol. The number of aromatic nitrogens is 1. The molecule has 0 radical (unpaired) electrons. The van der Waals surface area contributed by atoms with Crippen LogP contribution in [-0.2, 0) is 0 Å². The van der Waals surface area contributed by atoms with Crippen LogP contribution in [0.15, 0.2) is 36.7 Å². The summed E-state index contributed by atoms with van der Waals surface area (Å²) in [5, 5.41) is 12.3. The molecule has 0 saturated heterocycles. The molecule has 0 aliphatic heterocycles. The van der Waals surface area contributed by atoms with Crippen molar-refractivity contribution in [2.24, 2.45) is 0 Å². The summed E-state index contributed by atoms with van der Waals surface area (Å²) in [4.78, 5) is 26.8. The quantitative estimate of drug-likeness (QED) is 0.911. The normalized spacial score (nSPS) is 10.1. The number of hydrogen-bond donors (Lipinski definition) is 2. The summed E-state index contributed by atoms with van der Waals surface area (Å²) in [5.41, 5.74) is 0.197. The number of hydrogen-bond acceptors (Lipinski definition) is 3. The lowest BCUT2D eigenvalue weighted by atomic mass is 10.1. The van der Waals surface area contributed by atoms with Gasteiger partial charge in [0.15, 0.2) is 0 Å². The minimum Gasteiger partial charge on any atom is -0.478 e. The van der Waals surface area contributed by atoms with E-state index in [1.54, 1.807) is 0 Å². The van der Waals surface area contributed by atoms with E-state index in [9.17, 15) is 9.59 Å². The predicted molar refractivity (Wildman–Crippen MR) is 75.6 cm³/mol. The second-order valence-corrected chi connectivity index (χ2v) is 4.71. The van der Waals surface area contributed by atoms with E-state index in [1.807, 2.05) is 0 Å². The van der Waals surface area contributed by atoms with Gasteiger partial charge in [0, 0.05) is 28.1 Å². The fourth-order valence-electron chi connectivity index (χ4n) is 1.59. The summed E-state index contributed by atoms with van der Waals surface area (Å²) in [7, 11) is 0. The Morgan fingerprint density at radius 1 is 1.10 bits per heavy atom. The maximum Gasteiger partial charge on any atom is 0.338 e. The smallest absolute Gasteiger partial charge is 0.338 e. The Kier molecular flexibility index (Phi) is 4.22. The standard InChI is InChI=1S/C13H8Cl2N2O3/c14-7-3-8(15)5-9(4-7)17-12(18)10-1-2-16-6-11(10)13(19)20/h1-6H,(H,17,18)(H,19,20). The SMILES string of the molecule is O=C(O)c1cnccc1C(=O)Nc1cc(Cl)cc(Cl)c1. The van der Waals surface area contributed by atoms with Crippen LogP contribution in [0.5, 0.6) is 0 Å². The molecule has 0 atom stereocenters. The van der Waals surface area contributed by atoms with Gasteiger partial charge in [0.05, 0.1) is 11.1 Å². The van der Waals surface area contributed by atoms with Crippen LogP contribution in [0, 0.1) is 0 Å². The fourth-order valence-corrected chi connectivity index (χ4v) is 2.11. The monoisotopic (exact) mass is 310 g/mol. The number of halogens is 2. The molecule has 0 bridgehead atoms. The summed E-state index contributed by atoms with van der Waals surface area (Å²) >= 11 is 11.6. The molecule has 2 aromatic rings. The van der Waals surface area contributed by atoms with Crippen molar-refractivity contribution < 1.29 is 14.7 Å². The second kappa shape index (κ2) is 5.90. The highest BCUT2D eigenvalue weighted by molar-refractivity contribution is 6.35. The topological polar surface area (TPSA) is 79.3 Å². The van der Waals surface area contributed by atoms with Crippen LogP contribution in [0.3, 0.4) is 0 Å². The van der Waals surface area contributed by atoms with Gasteiger partial charge in [-0.2, -0.15) is 0 Å².